The van der Waals surface area contributed by atoms with Crippen molar-refractivity contribution >= 4 is 54.5 Å². The van der Waals surface area contributed by atoms with Crippen molar-refractivity contribution in [1.82, 2.24) is 9.97 Å². The van der Waals surface area contributed by atoms with Crippen LogP contribution < -0.4 is 0 Å². The summed E-state index contributed by atoms with van der Waals surface area (Å²) in [5.74, 6) is 0. The van der Waals surface area contributed by atoms with E-state index in [1.807, 2.05) is 0 Å². The average Bonchev–Trinajstić information content (AvgIpc) is 2.51. The molecule has 0 unspecified atom stereocenters. The molecule has 0 radical (unpaired) electrons. The van der Waals surface area contributed by atoms with Crippen LogP contribution in [0, 0.1) is 0 Å². The minimum absolute atomic E-state index is 0.126. The van der Waals surface area contributed by atoms with Gasteiger partial charge in [-0.15, -0.1) is 0 Å². The molecule has 0 amide bonds. The molecule has 8 heteroatoms. The van der Waals surface area contributed by atoms with Crippen LogP contribution in [0.15, 0.2) is 15.3 Å². The van der Waals surface area contributed by atoms with Crippen molar-refractivity contribution in [3.63, 3.8) is 0 Å². The second kappa shape index (κ2) is 3.89. The Labute approximate surface area is 109 Å². The third kappa shape index (κ3) is 1.96. The van der Waals surface area contributed by atoms with E-state index in [4.69, 9.17) is 11.6 Å². The predicted molar refractivity (Wildman–Crippen MR) is 61.5 cm³/mol. The van der Waals surface area contributed by atoms with Crippen molar-refractivity contribution in [3.05, 3.63) is 25.9 Å². The molecule has 0 saturated carbocycles. The number of aromatic nitrogens is 2. The topological polar surface area (TPSA) is 28.7 Å². The number of nitrogens with zero attached hydrogens (tertiary/aromatic N) is 1. The Hall–Kier alpha value is -0.270. The summed E-state index contributed by atoms with van der Waals surface area (Å²) < 4.78 is 38.3. The van der Waals surface area contributed by atoms with Gasteiger partial charge in [-0.3, -0.25) is 0 Å². The van der Waals surface area contributed by atoms with Gasteiger partial charge in [0.05, 0.1) is 20.6 Å². The monoisotopic (exact) mass is 376 g/mol. The van der Waals surface area contributed by atoms with Crippen molar-refractivity contribution in [2.24, 2.45) is 0 Å². The van der Waals surface area contributed by atoms with Gasteiger partial charge in [0, 0.05) is 0 Å². The number of benzene rings is 1. The number of hydrogen-bond acceptors (Lipinski definition) is 1. The van der Waals surface area contributed by atoms with E-state index in [1.165, 1.54) is 0 Å². The quantitative estimate of drug-likeness (QED) is 0.704. The largest absolute Gasteiger partial charge is 0.417 e. The van der Waals surface area contributed by atoms with E-state index in [-0.39, 0.29) is 15.0 Å². The van der Waals surface area contributed by atoms with Crippen LogP contribution in [0.25, 0.3) is 11.0 Å². The summed E-state index contributed by atoms with van der Waals surface area (Å²) >= 11 is 11.7. The summed E-state index contributed by atoms with van der Waals surface area (Å²) in [6.07, 6.45) is -4.49. The lowest BCUT2D eigenvalue weighted by molar-refractivity contribution is -0.137. The zero-order chi connectivity index (χ0) is 12.1. The SMILES string of the molecule is FC(F)(F)c1cc2[nH]c(Br)nc2c(Br)c1Cl. The fourth-order valence-electron chi connectivity index (χ4n) is 1.26. The second-order valence-corrected chi connectivity index (χ2v) is 4.90. The first-order chi connectivity index (χ1) is 7.30. The number of hydrogen-bond donors (Lipinski definition) is 1. The smallest absolute Gasteiger partial charge is 0.332 e. The lowest BCUT2D eigenvalue weighted by Gasteiger charge is -2.10. The lowest BCUT2D eigenvalue weighted by atomic mass is 10.2. The number of alkyl halides is 3. The molecule has 0 atom stereocenters. The number of fused-ring (bicyclic) bond motifs is 1. The molecule has 2 aromatic rings. The van der Waals surface area contributed by atoms with E-state index < -0.39 is 11.7 Å². The fourth-order valence-corrected chi connectivity index (χ4v) is 2.42. The van der Waals surface area contributed by atoms with E-state index in [0.717, 1.165) is 6.07 Å². The number of halogens is 6. The molecule has 0 aliphatic carbocycles. The third-order valence-corrected chi connectivity index (χ3v) is 3.70. The van der Waals surface area contributed by atoms with E-state index in [0.29, 0.717) is 10.3 Å². The number of imidazole rings is 1. The maximum absolute atomic E-state index is 12.6. The molecule has 0 aliphatic rings. The summed E-state index contributed by atoms with van der Waals surface area (Å²) in [7, 11) is 0. The van der Waals surface area contributed by atoms with Crippen LogP contribution in [0.2, 0.25) is 5.02 Å². The Morgan fingerprint density at radius 3 is 2.50 bits per heavy atom. The zero-order valence-electron chi connectivity index (χ0n) is 7.29. The van der Waals surface area contributed by atoms with E-state index in [2.05, 4.69) is 41.8 Å². The highest BCUT2D eigenvalue weighted by molar-refractivity contribution is 9.11. The van der Waals surface area contributed by atoms with Crippen molar-refractivity contribution in [2.75, 3.05) is 0 Å². The summed E-state index contributed by atoms with van der Waals surface area (Å²) in [5.41, 5.74) is -0.287. The maximum Gasteiger partial charge on any atom is 0.417 e. The van der Waals surface area contributed by atoms with Crippen LogP contribution in [0.1, 0.15) is 5.56 Å². The van der Waals surface area contributed by atoms with Crippen LogP contribution in [-0.4, -0.2) is 9.97 Å². The molecule has 1 aromatic heterocycles. The van der Waals surface area contributed by atoms with E-state index >= 15 is 0 Å². The Kier molecular flexibility index (Phi) is 2.96. The molecule has 2 nitrogen and oxygen atoms in total. The third-order valence-electron chi connectivity index (χ3n) is 1.93. The molecular formula is C8H2Br2ClF3N2. The number of rotatable bonds is 0. The highest BCUT2D eigenvalue weighted by Gasteiger charge is 2.35. The summed E-state index contributed by atoms with van der Waals surface area (Å²) in [4.78, 5) is 6.62. The number of aromatic amines is 1. The molecule has 0 saturated heterocycles. The maximum atomic E-state index is 12.6. The molecular weight excluding hydrogens is 376 g/mol. The van der Waals surface area contributed by atoms with Crippen molar-refractivity contribution in [3.8, 4) is 0 Å². The molecule has 2 rings (SSSR count). The van der Waals surface area contributed by atoms with Gasteiger partial charge in [-0.1, -0.05) is 11.6 Å². The Morgan fingerprint density at radius 1 is 1.31 bits per heavy atom. The van der Waals surface area contributed by atoms with Gasteiger partial charge in [0.2, 0.25) is 0 Å². The van der Waals surface area contributed by atoms with E-state index in [1.54, 1.807) is 0 Å². The number of nitrogens with one attached hydrogen (secondary N) is 1. The van der Waals surface area contributed by atoms with Gasteiger partial charge in [-0.2, -0.15) is 13.2 Å². The number of H-pyrrole nitrogens is 1. The molecule has 1 aromatic carbocycles. The van der Waals surface area contributed by atoms with Gasteiger partial charge in [0.1, 0.15) is 5.52 Å². The van der Waals surface area contributed by atoms with Gasteiger partial charge in [0.15, 0.2) is 4.73 Å². The molecule has 0 aliphatic heterocycles. The predicted octanol–water partition coefficient (Wildman–Crippen LogP) is 4.76. The van der Waals surface area contributed by atoms with Gasteiger partial charge >= 0.3 is 6.18 Å². The molecule has 16 heavy (non-hydrogen) atoms. The average molecular weight is 378 g/mol. The first-order valence-electron chi connectivity index (χ1n) is 3.91. The minimum atomic E-state index is -4.49. The first kappa shape index (κ1) is 12.2. The molecule has 1 heterocycles. The molecule has 86 valence electrons. The van der Waals surface area contributed by atoms with Gasteiger partial charge in [-0.05, 0) is 37.9 Å². The fraction of sp³-hybridized carbons (Fsp3) is 0.125. The van der Waals surface area contributed by atoms with Crippen LogP contribution in [0.5, 0.6) is 0 Å². The summed E-state index contributed by atoms with van der Waals surface area (Å²) in [6.45, 7) is 0. The van der Waals surface area contributed by atoms with Gasteiger partial charge in [-0.25, -0.2) is 4.98 Å². The Balaban J connectivity index is 2.83. The highest BCUT2D eigenvalue weighted by atomic mass is 79.9. The summed E-state index contributed by atoms with van der Waals surface area (Å²) in [6, 6.07) is 0.931. The van der Waals surface area contributed by atoms with Crippen molar-refractivity contribution in [1.29, 1.82) is 0 Å². The van der Waals surface area contributed by atoms with Crippen LogP contribution in [0.3, 0.4) is 0 Å². The second-order valence-electron chi connectivity index (χ2n) is 2.97. The first-order valence-corrected chi connectivity index (χ1v) is 5.87. The van der Waals surface area contributed by atoms with E-state index in [9.17, 15) is 13.2 Å². The van der Waals surface area contributed by atoms with Gasteiger partial charge < -0.3 is 4.98 Å². The van der Waals surface area contributed by atoms with Crippen LogP contribution >= 0.6 is 43.5 Å². The van der Waals surface area contributed by atoms with Crippen molar-refractivity contribution < 1.29 is 13.2 Å². The highest BCUT2D eigenvalue weighted by Crippen LogP contribution is 2.41. The molecule has 0 bridgehead atoms. The lowest BCUT2D eigenvalue weighted by Crippen LogP contribution is -2.06. The molecule has 0 spiro atoms. The zero-order valence-corrected chi connectivity index (χ0v) is 11.2. The molecule has 1 N–H and O–H groups in total. The minimum Gasteiger partial charge on any atom is -0.332 e. The molecule has 0 fully saturated rings. The van der Waals surface area contributed by atoms with Gasteiger partial charge in [0.25, 0.3) is 0 Å². The van der Waals surface area contributed by atoms with Crippen LogP contribution in [0.4, 0.5) is 13.2 Å². The Bertz CT molecular complexity index is 564. The Morgan fingerprint density at radius 2 is 1.94 bits per heavy atom. The van der Waals surface area contributed by atoms with Crippen molar-refractivity contribution in [2.45, 2.75) is 6.18 Å². The normalized spacial score (nSPS) is 12.4. The summed E-state index contributed by atoms with van der Waals surface area (Å²) in [5, 5.41) is -0.390. The van der Waals surface area contributed by atoms with Crippen LogP contribution in [-0.2, 0) is 6.18 Å². The standard InChI is InChI=1S/C8H2Br2ClF3N2/c9-4-5(11)2(8(12,13)14)1-3-6(4)16-7(10)15-3/h1H,(H,15,16).